The Morgan fingerprint density at radius 1 is 0.571 bits per heavy atom. The third kappa shape index (κ3) is 10.5. The minimum atomic E-state index is -3.37. The molecule has 0 radical (unpaired) electrons. The highest BCUT2D eigenvalue weighted by molar-refractivity contribution is 7.89. The Morgan fingerprint density at radius 3 is 1.43 bits per heavy atom. The van der Waals surface area contributed by atoms with Gasteiger partial charge in [-0.25, -0.2) is 35.9 Å². The highest BCUT2D eigenvalue weighted by Gasteiger charge is 2.31. The third-order valence-corrected chi connectivity index (χ3v) is 15.4. The normalized spacial score (nSPS) is 17.3. The molecule has 0 atom stereocenters. The number of hydrogen-bond donors (Lipinski definition) is 3. The molecule has 70 heavy (non-hydrogen) atoms. The fourth-order valence-electron chi connectivity index (χ4n) is 9.31. The lowest BCUT2D eigenvalue weighted by atomic mass is 10.1. The van der Waals surface area contributed by atoms with Crippen molar-refractivity contribution in [2.45, 2.75) is 32.9 Å². The maximum atomic E-state index is 15.1. The van der Waals surface area contributed by atoms with Crippen molar-refractivity contribution in [3.8, 4) is 0 Å². The maximum Gasteiger partial charge on any atom is 0.216 e. The van der Waals surface area contributed by atoms with Crippen LogP contribution in [0.15, 0.2) is 61.2 Å². The topological polar surface area (TPSA) is 156 Å². The van der Waals surface area contributed by atoms with Crippen LogP contribution in [0.1, 0.15) is 25.0 Å². The Hall–Kier alpha value is -6.13. The minimum Gasteiger partial charge on any atom is -0.378 e. The smallest absolute Gasteiger partial charge is 0.216 e. The van der Waals surface area contributed by atoms with Gasteiger partial charge in [0.2, 0.25) is 10.0 Å². The van der Waals surface area contributed by atoms with Gasteiger partial charge in [0.1, 0.15) is 34.9 Å². The summed E-state index contributed by atoms with van der Waals surface area (Å²) < 4.78 is 96.0. The minimum absolute atomic E-state index is 0.181. The number of nitrogens with zero attached hydrogens (tertiary/aromatic N) is 9. The number of pyridine rings is 4. The molecule has 0 bridgehead atoms. The van der Waals surface area contributed by atoms with Crippen molar-refractivity contribution in [3.63, 3.8) is 0 Å². The van der Waals surface area contributed by atoms with Crippen LogP contribution in [0, 0.1) is 37.1 Å². The van der Waals surface area contributed by atoms with Crippen molar-refractivity contribution < 1.29 is 35.5 Å². The Kier molecular flexibility index (Phi) is 14.7. The monoisotopic (exact) mass is 986 g/mol. The molecule has 0 aliphatic carbocycles. The van der Waals surface area contributed by atoms with E-state index >= 15 is 4.39 Å². The summed E-state index contributed by atoms with van der Waals surface area (Å²) in [5.41, 5.74) is 6.32. The number of sulfonamides is 1. The van der Waals surface area contributed by atoms with E-state index in [-0.39, 0.29) is 16.3 Å². The lowest BCUT2D eigenvalue weighted by molar-refractivity contribution is 0.122. The molecule has 6 aromatic rings. The van der Waals surface area contributed by atoms with Gasteiger partial charge in [-0.2, -0.15) is 4.31 Å². The van der Waals surface area contributed by atoms with Gasteiger partial charge in [0, 0.05) is 114 Å². The van der Waals surface area contributed by atoms with Gasteiger partial charge >= 0.3 is 0 Å². The molecule has 16 nitrogen and oxygen atoms in total. The van der Waals surface area contributed by atoms with Crippen LogP contribution in [0.4, 0.5) is 63.3 Å². The molecular weight excluding hydrogens is 929 g/mol. The SMILES string of the molecule is Cc1c(N2CCN(S(=O)(=O)C(C)C)CC2)nc2cc(F)cc(F)c2c1Nc1cncc(N2CCOCC2)c1.Cc1c(N2CCNCC2)nc2cc(F)cc(F)c2c1Nc1cncc(N2CCOCC2)c1. The molecule has 372 valence electrons. The summed E-state index contributed by atoms with van der Waals surface area (Å²) in [5, 5.41) is 9.98. The van der Waals surface area contributed by atoms with Gasteiger partial charge in [-0.1, -0.05) is 0 Å². The average molecular weight is 987 g/mol. The summed E-state index contributed by atoms with van der Waals surface area (Å²) >= 11 is 0. The second-order valence-electron chi connectivity index (χ2n) is 18.0. The largest absolute Gasteiger partial charge is 0.378 e. The second kappa shape index (κ2) is 21.1. The van der Waals surface area contributed by atoms with Crippen LogP contribution >= 0.6 is 0 Å². The number of ether oxygens (including phenoxy) is 2. The molecule has 4 saturated heterocycles. The van der Waals surface area contributed by atoms with Gasteiger partial charge in [-0.3, -0.25) is 9.97 Å². The molecule has 3 N–H and O–H groups in total. The van der Waals surface area contributed by atoms with Crippen LogP contribution in [0.2, 0.25) is 0 Å². The zero-order valence-electron chi connectivity index (χ0n) is 39.7. The standard InChI is InChI=1S/C26H32F2N6O3S.C23H26F2N6O/c1-17(2)38(35,36)34-6-4-33(5-7-34)26-18(3)25(24-22(28)12-19(27)13-23(24)31-26)30-20-14-21(16-29-15-20)32-8-10-37-11-9-32;1-15-22(28-17-12-18(14-27-13-17)30-6-8-32-9-7-30)21-19(25)10-16(24)11-20(21)29-23(15)31-4-2-26-3-5-31/h12-17H,4-11H2,1-3H3,(H,30,31);10-14,26H,2-9H2,1H3,(H,28,29). The highest BCUT2D eigenvalue weighted by Crippen LogP contribution is 2.39. The van der Waals surface area contributed by atoms with E-state index in [1.54, 1.807) is 32.4 Å². The maximum absolute atomic E-state index is 15.1. The van der Waals surface area contributed by atoms with Crippen LogP contribution in [0.5, 0.6) is 0 Å². The van der Waals surface area contributed by atoms with Gasteiger partial charge in [-0.15, -0.1) is 0 Å². The molecular formula is C49H58F4N12O4S. The van der Waals surface area contributed by atoms with Crippen LogP contribution in [0.3, 0.4) is 0 Å². The number of anilines is 8. The van der Waals surface area contributed by atoms with Crippen LogP contribution in [-0.4, -0.2) is 143 Å². The number of hydrogen-bond acceptors (Lipinski definition) is 15. The number of nitrogens with one attached hydrogen (secondary N) is 3. The fraction of sp³-hybridized carbons (Fsp3) is 0.429. The molecule has 4 fully saturated rings. The van der Waals surface area contributed by atoms with E-state index in [1.807, 2.05) is 37.1 Å². The number of fused-ring (bicyclic) bond motifs is 2. The van der Waals surface area contributed by atoms with Crippen molar-refractivity contribution in [2.24, 2.45) is 0 Å². The van der Waals surface area contributed by atoms with Gasteiger partial charge in [0.05, 0.1) is 112 Å². The lowest BCUT2D eigenvalue weighted by Gasteiger charge is -2.36. The number of halogens is 4. The number of morpholine rings is 2. The van der Waals surface area contributed by atoms with Gasteiger partial charge < -0.3 is 45.0 Å². The van der Waals surface area contributed by atoms with Crippen LogP contribution in [-0.2, 0) is 19.5 Å². The van der Waals surface area contributed by atoms with E-state index in [9.17, 15) is 21.6 Å². The molecule has 0 unspecified atom stereocenters. The van der Waals surface area contributed by atoms with Gasteiger partial charge in [0.25, 0.3) is 0 Å². The summed E-state index contributed by atoms with van der Waals surface area (Å²) in [7, 11) is -3.37. The Labute approximate surface area is 405 Å². The quantitative estimate of drug-likeness (QED) is 0.122. The van der Waals surface area contributed by atoms with E-state index in [0.29, 0.717) is 86.6 Å². The molecule has 21 heteroatoms. The van der Waals surface area contributed by atoms with Crippen molar-refractivity contribution in [3.05, 3.63) is 95.6 Å². The van der Waals surface area contributed by atoms with Crippen LogP contribution < -0.4 is 35.6 Å². The Bertz CT molecular complexity index is 2960. The summed E-state index contributed by atoms with van der Waals surface area (Å²) in [6, 6.07) is 8.20. The van der Waals surface area contributed by atoms with E-state index in [0.717, 1.165) is 92.9 Å². The van der Waals surface area contributed by atoms with E-state index in [2.05, 4.69) is 50.6 Å². The average Bonchev–Trinajstić information content (AvgIpc) is 3.36. The summed E-state index contributed by atoms with van der Waals surface area (Å²) in [6.07, 6.45) is 6.96. The first-order valence-corrected chi connectivity index (χ1v) is 25.1. The van der Waals surface area contributed by atoms with Crippen molar-refractivity contribution in [2.75, 3.05) is 135 Å². The molecule has 0 amide bonds. The number of aromatic nitrogens is 4. The van der Waals surface area contributed by atoms with Crippen LogP contribution in [0.25, 0.3) is 21.8 Å². The van der Waals surface area contributed by atoms with Crippen molar-refractivity contribution in [1.82, 2.24) is 29.6 Å². The predicted octanol–water partition coefficient (Wildman–Crippen LogP) is 6.86. The van der Waals surface area contributed by atoms with E-state index < -0.39 is 38.5 Å². The molecule has 4 aliphatic heterocycles. The number of piperazine rings is 2. The summed E-state index contributed by atoms with van der Waals surface area (Å²) in [5.74, 6) is -1.41. The third-order valence-electron chi connectivity index (χ3n) is 13.1. The van der Waals surface area contributed by atoms with Gasteiger partial charge in [-0.05, 0) is 39.8 Å². The zero-order chi connectivity index (χ0) is 49.1. The number of benzene rings is 2. The summed E-state index contributed by atoms with van der Waals surface area (Å²) in [4.78, 5) is 26.5. The molecule has 4 aromatic heterocycles. The fourth-order valence-corrected chi connectivity index (χ4v) is 10.6. The Balaban J connectivity index is 0.000000176. The predicted molar refractivity (Wildman–Crippen MR) is 267 cm³/mol. The van der Waals surface area contributed by atoms with Gasteiger partial charge in [0.15, 0.2) is 0 Å². The highest BCUT2D eigenvalue weighted by atomic mass is 32.2. The molecule has 0 spiro atoms. The lowest BCUT2D eigenvalue weighted by Crippen LogP contribution is -2.50. The summed E-state index contributed by atoms with van der Waals surface area (Å²) in [6.45, 7) is 17.5. The first kappa shape index (κ1) is 48.9. The van der Waals surface area contributed by atoms with Crippen molar-refractivity contribution >= 4 is 77.6 Å². The second-order valence-corrected chi connectivity index (χ2v) is 20.5. The first-order valence-electron chi connectivity index (χ1n) is 23.6. The Morgan fingerprint density at radius 2 is 1.00 bits per heavy atom. The first-order chi connectivity index (χ1) is 33.7. The molecule has 10 rings (SSSR count). The molecule has 8 heterocycles. The van der Waals surface area contributed by atoms with E-state index in [1.165, 1.54) is 16.4 Å². The number of rotatable bonds is 10. The molecule has 4 aliphatic rings. The van der Waals surface area contributed by atoms with E-state index in [4.69, 9.17) is 9.47 Å². The molecule has 0 saturated carbocycles. The molecule has 2 aromatic carbocycles. The zero-order valence-corrected chi connectivity index (χ0v) is 40.6. The van der Waals surface area contributed by atoms with Crippen molar-refractivity contribution in [1.29, 1.82) is 0 Å².